The van der Waals surface area contributed by atoms with Crippen molar-refractivity contribution in [2.45, 2.75) is 0 Å². The number of benzene rings is 1. The van der Waals surface area contributed by atoms with E-state index in [-0.39, 0.29) is 11.6 Å². The predicted octanol–water partition coefficient (Wildman–Crippen LogP) is 2.36. The Morgan fingerprint density at radius 2 is 1.95 bits per heavy atom. The molecule has 3 rings (SSSR count). The third-order valence-corrected chi connectivity index (χ3v) is 2.75. The number of H-pyrrole nitrogens is 1. The number of nitrogens with zero attached hydrogens (tertiary/aromatic N) is 3. The van der Waals surface area contributed by atoms with Crippen LogP contribution in [0.5, 0.6) is 11.6 Å². The SMILES string of the molecule is O=C(O)c1nn[nH]c1Oc1ccc(-c2ccccc2)nc1. The molecule has 0 radical (unpaired) electrons. The van der Waals surface area contributed by atoms with Crippen LogP contribution in [0.15, 0.2) is 48.7 Å². The number of hydrogen-bond acceptors (Lipinski definition) is 5. The number of rotatable bonds is 4. The van der Waals surface area contributed by atoms with Crippen LogP contribution in [-0.4, -0.2) is 31.5 Å². The first kappa shape index (κ1) is 12.8. The van der Waals surface area contributed by atoms with E-state index >= 15 is 0 Å². The number of aromatic amines is 1. The lowest BCUT2D eigenvalue weighted by Crippen LogP contribution is -1.99. The Bertz CT molecular complexity index is 753. The first-order chi connectivity index (χ1) is 10.2. The van der Waals surface area contributed by atoms with Gasteiger partial charge in [0.1, 0.15) is 5.75 Å². The number of carboxylic acid groups (broad SMARTS) is 1. The van der Waals surface area contributed by atoms with Crippen LogP contribution in [0.25, 0.3) is 11.3 Å². The van der Waals surface area contributed by atoms with Crippen molar-refractivity contribution < 1.29 is 14.6 Å². The summed E-state index contributed by atoms with van der Waals surface area (Å²) in [5.74, 6) is -0.854. The summed E-state index contributed by atoms with van der Waals surface area (Å²) in [5, 5.41) is 18.1. The van der Waals surface area contributed by atoms with Gasteiger partial charge in [0.15, 0.2) is 0 Å². The molecular formula is C14H10N4O3. The van der Waals surface area contributed by atoms with Gasteiger partial charge in [-0.15, -0.1) is 5.10 Å². The van der Waals surface area contributed by atoms with E-state index in [9.17, 15) is 4.79 Å². The fourth-order valence-corrected chi connectivity index (χ4v) is 1.77. The summed E-state index contributed by atoms with van der Waals surface area (Å²) in [6.07, 6.45) is 1.51. The number of carboxylic acids is 1. The molecule has 0 amide bonds. The van der Waals surface area contributed by atoms with Gasteiger partial charge in [-0.25, -0.2) is 9.89 Å². The van der Waals surface area contributed by atoms with E-state index in [1.807, 2.05) is 30.3 Å². The van der Waals surface area contributed by atoms with E-state index in [0.717, 1.165) is 11.3 Å². The van der Waals surface area contributed by atoms with E-state index < -0.39 is 5.97 Å². The predicted molar refractivity (Wildman–Crippen MR) is 73.1 cm³/mol. The molecule has 0 aliphatic rings. The van der Waals surface area contributed by atoms with Crippen molar-refractivity contribution in [1.29, 1.82) is 0 Å². The number of aromatic carboxylic acids is 1. The van der Waals surface area contributed by atoms with Crippen LogP contribution in [0.4, 0.5) is 0 Å². The molecule has 0 spiro atoms. The van der Waals surface area contributed by atoms with E-state index in [1.54, 1.807) is 12.1 Å². The fraction of sp³-hybridized carbons (Fsp3) is 0. The maximum absolute atomic E-state index is 10.9. The molecule has 0 aliphatic carbocycles. The average Bonchev–Trinajstić information content (AvgIpc) is 2.97. The summed E-state index contributed by atoms with van der Waals surface area (Å²) in [7, 11) is 0. The van der Waals surface area contributed by atoms with Crippen LogP contribution >= 0.6 is 0 Å². The number of nitrogens with one attached hydrogen (secondary N) is 1. The molecule has 0 fully saturated rings. The molecule has 0 bridgehead atoms. The number of hydrogen-bond donors (Lipinski definition) is 2. The molecule has 0 atom stereocenters. The minimum absolute atomic E-state index is 0.0308. The van der Waals surface area contributed by atoms with Gasteiger partial charge in [-0.05, 0) is 12.1 Å². The Kier molecular flexibility index (Phi) is 3.30. The zero-order chi connectivity index (χ0) is 14.7. The molecular weight excluding hydrogens is 272 g/mol. The summed E-state index contributed by atoms with van der Waals surface area (Å²) >= 11 is 0. The molecule has 0 saturated heterocycles. The van der Waals surface area contributed by atoms with Crippen molar-refractivity contribution in [3.63, 3.8) is 0 Å². The Hall–Kier alpha value is -3.22. The van der Waals surface area contributed by atoms with Gasteiger partial charge in [0, 0.05) is 5.56 Å². The molecule has 0 unspecified atom stereocenters. The van der Waals surface area contributed by atoms with Gasteiger partial charge in [-0.1, -0.05) is 35.5 Å². The zero-order valence-electron chi connectivity index (χ0n) is 10.7. The molecule has 2 heterocycles. The molecule has 0 aliphatic heterocycles. The molecule has 3 aromatic rings. The molecule has 104 valence electrons. The van der Waals surface area contributed by atoms with Gasteiger partial charge < -0.3 is 9.84 Å². The van der Waals surface area contributed by atoms with E-state index in [2.05, 4.69) is 20.4 Å². The van der Waals surface area contributed by atoms with E-state index in [1.165, 1.54) is 6.20 Å². The lowest BCUT2D eigenvalue weighted by atomic mass is 10.1. The third-order valence-electron chi connectivity index (χ3n) is 2.75. The van der Waals surface area contributed by atoms with Gasteiger partial charge in [-0.3, -0.25) is 4.98 Å². The highest BCUT2D eigenvalue weighted by atomic mass is 16.5. The largest absolute Gasteiger partial charge is 0.476 e. The summed E-state index contributed by atoms with van der Waals surface area (Å²) in [5.41, 5.74) is 1.50. The highest BCUT2D eigenvalue weighted by molar-refractivity contribution is 5.87. The van der Waals surface area contributed by atoms with E-state index in [0.29, 0.717) is 5.75 Å². The van der Waals surface area contributed by atoms with Crippen LogP contribution in [0, 0.1) is 0 Å². The average molecular weight is 282 g/mol. The Morgan fingerprint density at radius 3 is 2.62 bits per heavy atom. The molecule has 0 saturated carbocycles. The fourth-order valence-electron chi connectivity index (χ4n) is 1.77. The maximum atomic E-state index is 10.9. The van der Waals surface area contributed by atoms with Crippen LogP contribution in [0.3, 0.4) is 0 Å². The summed E-state index contributed by atoms with van der Waals surface area (Å²) in [6, 6.07) is 13.2. The maximum Gasteiger partial charge on any atom is 0.362 e. The summed E-state index contributed by atoms with van der Waals surface area (Å²) in [6.45, 7) is 0. The highest BCUT2D eigenvalue weighted by Crippen LogP contribution is 2.23. The van der Waals surface area contributed by atoms with Gasteiger partial charge in [0.25, 0.3) is 5.88 Å². The van der Waals surface area contributed by atoms with Crippen molar-refractivity contribution in [2.75, 3.05) is 0 Å². The van der Waals surface area contributed by atoms with Gasteiger partial charge >= 0.3 is 5.97 Å². The van der Waals surface area contributed by atoms with E-state index in [4.69, 9.17) is 9.84 Å². The minimum atomic E-state index is -1.22. The molecule has 21 heavy (non-hydrogen) atoms. The quantitative estimate of drug-likeness (QED) is 0.761. The molecule has 1 aromatic carbocycles. The zero-order valence-corrected chi connectivity index (χ0v) is 10.7. The van der Waals surface area contributed by atoms with Gasteiger partial charge in [0.2, 0.25) is 5.69 Å². The van der Waals surface area contributed by atoms with Crippen molar-refractivity contribution in [1.82, 2.24) is 20.4 Å². The van der Waals surface area contributed by atoms with Crippen molar-refractivity contribution in [3.05, 3.63) is 54.4 Å². The van der Waals surface area contributed by atoms with Crippen LogP contribution < -0.4 is 4.74 Å². The summed E-state index contributed by atoms with van der Waals surface area (Å²) in [4.78, 5) is 15.2. The standard InChI is InChI=1S/C14H10N4O3/c19-14(20)12-13(17-18-16-12)21-10-6-7-11(15-8-10)9-4-2-1-3-5-9/h1-8H,(H,19,20)(H,16,17,18). The summed E-state index contributed by atoms with van der Waals surface area (Å²) < 4.78 is 5.38. The van der Waals surface area contributed by atoms with Crippen molar-refractivity contribution in [3.8, 4) is 22.9 Å². The number of ether oxygens (including phenoxy) is 1. The molecule has 7 heteroatoms. The minimum Gasteiger partial charge on any atom is -0.476 e. The van der Waals surface area contributed by atoms with Gasteiger partial charge in [-0.2, -0.15) is 0 Å². The first-order valence-corrected chi connectivity index (χ1v) is 6.08. The highest BCUT2D eigenvalue weighted by Gasteiger charge is 2.16. The molecule has 7 nitrogen and oxygen atoms in total. The molecule has 2 aromatic heterocycles. The lowest BCUT2D eigenvalue weighted by molar-refractivity contribution is 0.0687. The first-order valence-electron chi connectivity index (χ1n) is 6.08. The third kappa shape index (κ3) is 2.71. The number of aromatic nitrogens is 4. The van der Waals surface area contributed by atoms with Crippen LogP contribution in [0.1, 0.15) is 10.5 Å². The lowest BCUT2D eigenvalue weighted by Gasteiger charge is -2.04. The number of carbonyl (C=O) groups is 1. The number of pyridine rings is 1. The Labute approximate surface area is 119 Å². The Balaban J connectivity index is 1.82. The van der Waals surface area contributed by atoms with Crippen LogP contribution in [0.2, 0.25) is 0 Å². The van der Waals surface area contributed by atoms with Gasteiger partial charge in [0.05, 0.1) is 11.9 Å². The second-order valence-electron chi connectivity index (χ2n) is 4.14. The Morgan fingerprint density at radius 1 is 1.14 bits per heavy atom. The van der Waals surface area contributed by atoms with Crippen LogP contribution in [-0.2, 0) is 0 Å². The van der Waals surface area contributed by atoms with Crippen molar-refractivity contribution >= 4 is 5.97 Å². The smallest absolute Gasteiger partial charge is 0.362 e. The topological polar surface area (TPSA) is 101 Å². The normalized spacial score (nSPS) is 10.3. The molecule has 2 N–H and O–H groups in total. The monoisotopic (exact) mass is 282 g/mol. The van der Waals surface area contributed by atoms with Crippen molar-refractivity contribution in [2.24, 2.45) is 0 Å². The second-order valence-corrected chi connectivity index (χ2v) is 4.14. The second kappa shape index (κ2) is 5.41.